The van der Waals surface area contributed by atoms with E-state index in [-0.39, 0.29) is 0 Å². The van der Waals surface area contributed by atoms with E-state index in [9.17, 15) is 0 Å². The van der Waals surface area contributed by atoms with Gasteiger partial charge in [-0.15, -0.1) is 0 Å². The molecule has 0 bridgehead atoms. The lowest BCUT2D eigenvalue weighted by atomic mass is 10.0. The summed E-state index contributed by atoms with van der Waals surface area (Å²) in [5, 5.41) is 0.551. The van der Waals surface area contributed by atoms with Crippen LogP contribution in [-0.2, 0) is 6.42 Å². The van der Waals surface area contributed by atoms with Crippen LogP contribution in [0.15, 0.2) is 24.3 Å². The first-order valence-corrected chi connectivity index (χ1v) is 6.10. The molecule has 0 spiro atoms. The topological polar surface area (TPSA) is 25.8 Å². The Morgan fingerprint density at radius 2 is 1.82 bits per heavy atom. The second-order valence-corrected chi connectivity index (χ2v) is 4.43. The normalized spacial score (nSPS) is 10.6. The molecule has 0 unspecified atom stereocenters. The van der Waals surface area contributed by atoms with Crippen LogP contribution >= 0.6 is 11.6 Å². The molecule has 2 nitrogen and oxygen atoms in total. The second kappa shape index (κ2) is 4.84. The quantitative estimate of drug-likeness (QED) is 0.750. The third kappa shape index (κ3) is 2.32. The van der Waals surface area contributed by atoms with E-state index in [1.165, 1.54) is 5.56 Å². The van der Waals surface area contributed by atoms with Crippen molar-refractivity contribution >= 4 is 11.6 Å². The Labute approximate surface area is 107 Å². The molecule has 2 rings (SSSR count). The fourth-order valence-electron chi connectivity index (χ4n) is 1.79. The summed E-state index contributed by atoms with van der Waals surface area (Å²) in [6, 6.07) is 8.19. The average molecular weight is 247 g/mol. The molecule has 0 radical (unpaired) electrons. The Balaban J connectivity index is 2.67. The minimum Gasteiger partial charge on any atom is -0.233 e. The largest absolute Gasteiger partial charge is 0.233 e. The highest BCUT2D eigenvalue weighted by molar-refractivity contribution is 6.30. The lowest BCUT2D eigenvalue weighted by Crippen LogP contribution is -2.00. The van der Waals surface area contributed by atoms with Gasteiger partial charge in [-0.25, -0.2) is 9.97 Å². The van der Waals surface area contributed by atoms with E-state index in [0.29, 0.717) is 5.15 Å². The summed E-state index contributed by atoms with van der Waals surface area (Å²) in [6.45, 7) is 6.07. The van der Waals surface area contributed by atoms with E-state index in [2.05, 4.69) is 29.0 Å². The van der Waals surface area contributed by atoms with E-state index in [4.69, 9.17) is 11.6 Å². The van der Waals surface area contributed by atoms with Crippen molar-refractivity contribution in [2.45, 2.75) is 27.2 Å². The van der Waals surface area contributed by atoms with Crippen LogP contribution in [-0.4, -0.2) is 9.97 Å². The van der Waals surface area contributed by atoms with Gasteiger partial charge >= 0.3 is 0 Å². The summed E-state index contributed by atoms with van der Waals surface area (Å²) in [7, 11) is 0. The molecule has 0 aliphatic rings. The third-order valence-corrected chi connectivity index (χ3v) is 3.22. The maximum Gasteiger partial charge on any atom is 0.136 e. The molecule has 1 aromatic heterocycles. The fraction of sp³-hybridized carbons (Fsp3) is 0.286. The monoisotopic (exact) mass is 246 g/mol. The lowest BCUT2D eigenvalue weighted by Gasteiger charge is -2.10. The molecule has 88 valence electrons. The molecule has 0 atom stereocenters. The number of nitrogens with zero attached hydrogens (tertiary/aromatic N) is 2. The summed E-state index contributed by atoms with van der Waals surface area (Å²) in [5.41, 5.74) is 4.22. The summed E-state index contributed by atoms with van der Waals surface area (Å²) in [4.78, 5) is 8.85. The molecule has 0 saturated heterocycles. The molecule has 1 heterocycles. The van der Waals surface area contributed by atoms with Gasteiger partial charge in [0.15, 0.2) is 0 Å². The molecule has 0 fully saturated rings. The first-order chi connectivity index (χ1) is 8.13. The van der Waals surface area contributed by atoms with Crippen molar-refractivity contribution in [2.75, 3.05) is 0 Å². The number of hydrogen-bond acceptors (Lipinski definition) is 2. The number of hydrogen-bond donors (Lipinski definition) is 0. The van der Waals surface area contributed by atoms with Crippen molar-refractivity contribution in [1.29, 1.82) is 0 Å². The standard InChI is InChI=1S/C14H15ClN2/c1-4-12-16-13(10(3)14(15)17-12)11-8-6-5-7-9(11)2/h5-8H,4H2,1-3H3. The number of aromatic nitrogens is 2. The Hall–Kier alpha value is -1.41. The number of benzene rings is 1. The number of rotatable bonds is 2. The summed E-state index contributed by atoms with van der Waals surface area (Å²) >= 11 is 6.15. The van der Waals surface area contributed by atoms with Crippen LogP contribution in [0.4, 0.5) is 0 Å². The van der Waals surface area contributed by atoms with Crippen LogP contribution in [0.2, 0.25) is 5.15 Å². The van der Waals surface area contributed by atoms with E-state index >= 15 is 0 Å². The third-order valence-electron chi connectivity index (χ3n) is 2.85. The van der Waals surface area contributed by atoms with Crippen LogP contribution in [0.3, 0.4) is 0 Å². The second-order valence-electron chi connectivity index (χ2n) is 4.07. The highest BCUT2D eigenvalue weighted by atomic mass is 35.5. The predicted octanol–water partition coefficient (Wildman–Crippen LogP) is 3.98. The molecular weight excluding hydrogens is 232 g/mol. The zero-order valence-electron chi connectivity index (χ0n) is 10.3. The highest BCUT2D eigenvalue weighted by Gasteiger charge is 2.11. The highest BCUT2D eigenvalue weighted by Crippen LogP contribution is 2.27. The molecule has 0 aliphatic heterocycles. The molecular formula is C14H15ClN2. The van der Waals surface area contributed by atoms with Gasteiger partial charge in [-0.05, 0) is 19.4 Å². The molecule has 0 amide bonds. The van der Waals surface area contributed by atoms with Crippen molar-refractivity contribution in [3.05, 3.63) is 46.4 Å². The van der Waals surface area contributed by atoms with Gasteiger partial charge in [0, 0.05) is 17.5 Å². The first-order valence-electron chi connectivity index (χ1n) is 5.72. The van der Waals surface area contributed by atoms with Crippen molar-refractivity contribution in [1.82, 2.24) is 9.97 Å². The van der Waals surface area contributed by atoms with Crippen molar-refractivity contribution in [3.63, 3.8) is 0 Å². The maximum absolute atomic E-state index is 6.15. The molecule has 0 saturated carbocycles. The zero-order valence-corrected chi connectivity index (χ0v) is 11.0. The maximum atomic E-state index is 6.15. The summed E-state index contributed by atoms with van der Waals surface area (Å²) in [5.74, 6) is 0.791. The lowest BCUT2D eigenvalue weighted by molar-refractivity contribution is 0.933. The summed E-state index contributed by atoms with van der Waals surface area (Å²) in [6.07, 6.45) is 0.791. The number of aryl methyl sites for hydroxylation is 2. The molecule has 0 aliphatic carbocycles. The predicted molar refractivity (Wildman–Crippen MR) is 71.3 cm³/mol. The Kier molecular flexibility index (Phi) is 3.43. The Morgan fingerprint density at radius 1 is 1.12 bits per heavy atom. The molecule has 2 aromatic rings. The Bertz CT molecular complexity index is 550. The first kappa shape index (κ1) is 12.1. The average Bonchev–Trinajstić information content (AvgIpc) is 2.33. The van der Waals surface area contributed by atoms with Crippen LogP contribution in [0.1, 0.15) is 23.9 Å². The van der Waals surface area contributed by atoms with Gasteiger partial charge in [0.2, 0.25) is 0 Å². The van der Waals surface area contributed by atoms with E-state index in [1.54, 1.807) is 0 Å². The fourth-order valence-corrected chi connectivity index (χ4v) is 1.98. The minimum atomic E-state index is 0.551. The molecule has 17 heavy (non-hydrogen) atoms. The van der Waals surface area contributed by atoms with E-state index in [0.717, 1.165) is 29.1 Å². The van der Waals surface area contributed by atoms with Crippen molar-refractivity contribution in [2.24, 2.45) is 0 Å². The summed E-state index contributed by atoms with van der Waals surface area (Å²) < 4.78 is 0. The van der Waals surface area contributed by atoms with Gasteiger partial charge in [0.05, 0.1) is 5.69 Å². The number of halogens is 1. The van der Waals surface area contributed by atoms with E-state index < -0.39 is 0 Å². The van der Waals surface area contributed by atoms with Crippen LogP contribution in [0.5, 0.6) is 0 Å². The molecule has 1 aromatic carbocycles. The molecule has 3 heteroatoms. The van der Waals surface area contributed by atoms with Gasteiger partial charge in [-0.3, -0.25) is 0 Å². The van der Waals surface area contributed by atoms with Crippen molar-refractivity contribution < 1.29 is 0 Å². The minimum absolute atomic E-state index is 0.551. The van der Waals surface area contributed by atoms with Crippen LogP contribution in [0, 0.1) is 13.8 Å². The van der Waals surface area contributed by atoms with Gasteiger partial charge < -0.3 is 0 Å². The van der Waals surface area contributed by atoms with Gasteiger partial charge in [0.25, 0.3) is 0 Å². The van der Waals surface area contributed by atoms with E-state index in [1.807, 2.05) is 26.0 Å². The molecule has 0 N–H and O–H groups in total. The van der Waals surface area contributed by atoms with Crippen LogP contribution < -0.4 is 0 Å². The van der Waals surface area contributed by atoms with Gasteiger partial charge in [-0.2, -0.15) is 0 Å². The SMILES string of the molecule is CCc1nc(Cl)c(C)c(-c2ccccc2C)n1. The van der Waals surface area contributed by atoms with Gasteiger partial charge in [0.1, 0.15) is 11.0 Å². The smallest absolute Gasteiger partial charge is 0.136 e. The van der Waals surface area contributed by atoms with Crippen molar-refractivity contribution in [3.8, 4) is 11.3 Å². The zero-order chi connectivity index (χ0) is 12.4. The van der Waals surface area contributed by atoms with Crippen LogP contribution in [0.25, 0.3) is 11.3 Å². The van der Waals surface area contributed by atoms with Gasteiger partial charge in [-0.1, -0.05) is 42.8 Å². The Morgan fingerprint density at radius 3 is 2.47 bits per heavy atom.